The smallest absolute Gasteiger partial charge is 0.253 e. The molecular formula is C19H25N5O2. The Kier molecular flexibility index (Phi) is 4.13. The molecule has 4 aliphatic heterocycles. The van der Waals surface area contributed by atoms with Crippen molar-refractivity contribution in [1.29, 1.82) is 0 Å². The molecule has 7 nitrogen and oxygen atoms in total. The Morgan fingerprint density at radius 3 is 2.69 bits per heavy atom. The van der Waals surface area contributed by atoms with Crippen LogP contribution in [0, 0.1) is 5.92 Å². The molecule has 1 N–H and O–H groups in total. The number of amides is 1. The second-order valence-corrected chi connectivity index (χ2v) is 7.78. The number of rotatable bonds is 3. The van der Waals surface area contributed by atoms with Crippen LogP contribution in [0.25, 0.3) is 11.2 Å². The summed E-state index contributed by atoms with van der Waals surface area (Å²) in [6.45, 7) is 4.89. The molecule has 4 fully saturated rings. The van der Waals surface area contributed by atoms with Crippen molar-refractivity contribution >= 4 is 17.1 Å². The van der Waals surface area contributed by atoms with E-state index in [9.17, 15) is 4.79 Å². The Bertz CT molecular complexity index is 805. The lowest BCUT2D eigenvalue weighted by Gasteiger charge is -2.44. The van der Waals surface area contributed by atoms with Crippen LogP contribution in [0.15, 0.2) is 18.6 Å². The van der Waals surface area contributed by atoms with Crippen molar-refractivity contribution in [3.8, 4) is 0 Å². The molecule has 4 aliphatic rings. The van der Waals surface area contributed by atoms with Crippen LogP contribution in [0.5, 0.6) is 0 Å². The van der Waals surface area contributed by atoms with Crippen LogP contribution in [0.1, 0.15) is 42.1 Å². The second kappa shape index (κ2) is 6.63. The number of nitrogens with one attached hydrogen (secondary N) is 1. The highest BCUT2D eigenvalue weighted by molar-refractivity contribution is 5.96. The lowest BCUT2D eigenvalue weighted by Crippen LogP contribution is -2.57. The molecule has 0 aliphatic carbocycles. The van der Waals surface area contributed by atoms with Crippen molar-refractivity contribution in [2.24, 2.45) is 5.92 Å². The number of nitrogens with zero attached hydrogens (tertiary/aromatic N) is 4. The van der Waals surface area contributed by atoms with Crippen molar-refractivity contribution in [1.82, 2.24) is 24.8 Å². The van der Waals surface area contributed by atoms with Crippen LogP contribution in [0.4, 0.5) is 0 Å². The van der Waals surface area contributed by atoms with Crippen LogP contribution in [-0.2, 0) is 4.74 Å². The Morgan fingerprint density at radius 2 is 1.96 bits per heavy atom. The molecule has 1 atom stereocenters. The van der Waals surface area contributed by atoms with E-state index in [1.165, 1.54) is 25.9 Å². The van der Waals surface area contributed by atoms with E-state index in [1.807, 2.05) is 12.4 Å². The summed E-state index contributed by atoms with van der Waals surface area (Å²) in [5, 5.41) is 3.23. The van der Waals surface area contributed by atoms with Crippen LogP contribution >= 0.6 is 0 Å². The van der Waals surface area contributed by atoms with Gasteiger partial charge in [0, 0.05) is 38.0 Å². The molecule has 6 heterocycles. The first-order chi connectivity index (χ1) is 12.8. The molecule has 26 heavy (non-hydrogen) atoms. The third-order valence-corrected chi connectivity index (χ3v) is 6.23. The molecule has 0 aromatic carbocycles. The summed E-state index contributed by atoms with van der Waals surface area (Å²) < 4.78 is 7.57. The third kappa shape index (κ3) is 2.89. The van der Waals surface area contributed by atoms with E-state index in [4.69, 9.17) is 4.74 Å². The zero-order valence-electron chi connectivity index (χ0n) is 14.9. The number of piperidine rings is 3. The van der Waals surface area contributed by atoms with Gasteiger partial charge in [0.15, 0.2) is 5.65 Å². The van der Waals surface area contributed by atoms with E-state index >= 15 is 0 Å². The average Bonchev–Trinajstić information content (AvgIpc) is 3.13. The standard InChI is InChI=1S/C19H25N5O2/c25-19(22-17-11-23-5-1-13(17)2-6-23)14-9-16-18(20-10-14)24(12-21-16)15-3-7-26-8-4-15/h9-10,12-13,15,17H,1-8,11H2,(H,22,25). The van der Waals surface area contributed by atoms with Crippen molar-refractivity contribution in [3.05, 3.63) is 24.2 Å². The fraction of sp³-hybridized carbons (Fsp3) is 0.632. The lowest BCUT2D eigenvalue weighted by atomic mass is 9.84. The summed E-state index contributed by atoms with van der Waals surface area (Å²) in [7, 11) is 0. The first-order valence-corrected chi connectivity index (χ1v) is 9.71. The van der Waals surface area contributed by atoms with Crippen LogP contribution in [0.3, 0.4) is 0 Å². The number of aromatic nitrogens is 3. The maximum atomic E-state index is 12.7. The summed E-state index contributed by atoms with van der Waals surface area (Å²) in [5.41, 5.74) is 2.25. The number of pyridine rings is 1. The predicted molar refractivity (Wildman–Crippen MR) is 97.0 cm³/mol. The van der Waals surface area contributed by atoms with Crippen molar-refractivity contribution in [2.45, 2.75) is 37.8 Å². The molecule has 0 spiro atoms. The normalized spacial score (nSPS) is 29.2. The van der Waals surface area contributed by atoms with Crippen molar-refractivity contribution < 1.29 is 9.53 Å². The molecule has 4 saturated heterocycles. The van der Waals surface area contributed by atoms with Crippen molar-refractivity contribution in [2.75, 3.05) is 32.8 Å². The van der Waals surface area contributed by atoms with Gasteiger partial charge >= 0.3 is 0 Å². The van der Waals surface area contributed by atoms with E-state index < -0.39 is 0 Å². The number of carbonyl (C=O) groups is 1. The van der Waals surface area contributed by atoms with E-state index in [0.29, 0.717) is 17.5 Å². The van der Waals surface area contributed by atoms with Gasteiger partial charge in [-0.1, -0.05) is 0 Å². The number of ether oxygens (including phenoxy) is 1. The van der Waals surface area contributed by atoms with Gasteiger partial charge in [0.05, 0.1) is 11.9 Å². The van der Waals surface area contributed by atoms with Crippen LogP contribution < -0.4 is 5.32 Å². The van der Waals surface area contributed by atoms with Gasteiger partial charge in [-0.25, -0.2) is 9.97 Å². The fourth-order valence-electron chi connectivity index (χ4n) is 4.65. The summed E-state index contributed by atoms with van der Waals surface area (Å²) in [6, 6.07) is 2.52. The van der Waals surface area contributed by atoms with Crippen LogP contribution in [0.2, 0.25) is 0 Å². The Hall–Kier alpha value is -1.99. The number of imidazole rings is 1. The molecule has 1 amide bonds. The minimum Gasteiger partial charge on any atom is -0.381 e. The Labute approximate surface area is 152 Å². The zero-order chi connectivity index (χ0) is 17.5. The van der Waals surface area contributed by atoms with Crippen LogP contribution in [-0.4, -0.2) is 64.2 Å². The van der Waals surface area contributed by atoms with Gasteiger partial charge in [0.1, 0.15) is 5.52 Å². The summed E-state index contributed by atoms with van der Waals surface area (Å²) in [5.74, 6) is 0.590. The average molecular weight is 355 g/mol. The van der Waals surface area contributed by atoms with Gasteiger partial charge in [0.2, 0.25) is 0 Å². The number of fused-ring (bicyclic) bond motifs is 4. The largest absolute Gasteiger partial charge is 0.381 e. The number of hydrogen-bond acceptors (Lipinski definition) is 5. The molecular weight excluding hydrogens is 330 g/mol. The molecule has 7 heteroatoms. The SMILES string of the molecule is O=C(NC1CN2CCC1CC2)c1cnc2c(c1)ncn2C1CCOCC1. The van der Waals surface area contributed by atoms with Gasteiger partial charge < -0.3 is 19.5 Å². The first kappa shape index (κ1) is 16.2. The molecule has 0 radical (unpaired) electrons. The summed E-state index contributed by atoms with van der Waals surface area (Å²) >= 11 is 0. The molecule has 0 saturated carbocycles. The molecule has 2 bridgehead atoms. The summed E-state index contributed by atoms with van der Waals surface area (Å²) in [6.07, 6.45) is 7.89. The molecule has 1 unspecified atom stereocenters. The highest BCUT2D eigenvalue weighted by Crippen LogP contribution is 2.28. The monoisotopic (exact) mass is 355 g/mol. The molecule has 2 aromatic heterocycles. The van der Waals surface area contributed by atoms with E-state index in [-0.39, 0.29) is 11.9 Å². The van der Waals surface area contributed by atoms with Gasteiger partial charge in [0.25, 0.3) is 5.91 Å². The molecule has 6 rings (SSSR count). The highest BCUT2D eigenvalue weighted by atomic mass is 16.5. The van der Waals surface area contributed by atoms with Gasteiger partial charge in [-0.05, 0) is 50.8 Å². The maximum Gasteiger partial charge on any atom is 0.253 e. The minimum atomic E-state index is -0.0289. The maximum absolute atomic E-state index is 12.7. The van der Waals surface area contributed by atoms with Crippen molar-refractivity contribution in [3.63, 3.8) is 0 Å². The van der Waals surface area contributed by atoms with Gasteiger partial charge in [-0.15, -0.1) is 0 Å². The zero-order valence-corrected chi connectivity index (χ0v) is 14.9. The Balaban J connectivity index is 1.34. The topological polar surface area (TPSA) is 72.3 Å². The fourth-order valence-corrected chi connectivity index (χ4v) is 4.65. The first-order valence-electron chi connectivity index (χ1n) is 9.71. The highest BCUT2D eigenvalue weighted by Gasteiger charge is 2.35. The number of hydrogen-bond donors (Lipinski definition) is 1. The van der Waals surface area contributed by atoms with E-state index in [0.717, 1.165) is 43.8 Å². The minimum absolute atomic E-state index is 0.0289. The Morgan fingerprint density at radius 1 is 1.15 bits per heavy atom. The van der Waals surface area contributed by atoms with E-state index in [2.05, 4.69) is 24.8 Å². The molecule has 138 valence electrons. The van der Waals surface area contributed by atoms with E-state index in [1.54, 1.807) is 6.20 Å². The molecule has 2 aromatic rings. The second-order valence-electron chi connectivity index (χ2n) is 7.78. The lowest BCUT2D eigenvalue weighted by molar-refractivity contribution is 0.0620. The van der Waals surface area contributed by atoms with Gasteiger partial charge in [-0.3, -0.25) is 4.79 Å². The van der Waals surface area contributed by atoms with Gasteiger partial charge in [-0.2, -0.15) is 0 Å². The third-order valence-electron chi connectivity index (χ3n) is 6.23. The number of carbonyl (C=O) groups excluding carboxylic acids is 1. The quantitative estimate of drug-likeness (QED) is 0.906. The predicted octanol–water partition coefficient (Wildman–Crippen LogP) is 1.61. The summed E-state index contributed by atoms with van der Waals surface area (Å²) in [4.78, 5) is 24.2.